The Morgan fingerprint density at radius 1 is 1.25 bits per heavy atom. The maximum absolute atomic E-state index is 12.4. The Morgan fingerprint density at radius 2 is 1.91 bits per heavy atom. The summed E-state index contributed by atoms with van der Waals surface area (Å²) in [5.41, 5.74) is 0.409. The van der Waals surface area contributed by atoms with E-state index >= 15 is 0 Å². The maximum Gasteiger partial charge on any atom is 0.321 e. The van der Waals surface area contributed by atoms with E-state index in [1.54, 1.807) is 6.26 Å². The van der Waals surface area contributed by atoms with Gasteiger partial charge in [0.25, 0.3) is 11.6 Å². The number of rotatable bonds is 9. The highest BCUT2D eigenvalue weighted by Gasteiger charge is 2.23. The van der Waals surface area contributed by atoms with Crippen LogP contribution in [0.2, 0.25) is 0 Å². The van der Waals surface area contributed by atoms with Gasteiger partial charge in [-0.2, -0.15) is 9.98 Å². The van der Waals surface area contributed by atoms with Gasteiger partial charge in [0, 0.05) is 11.8 Å². The zero-order chi connectivity index (χ0) is 23.9. The SMILES string of the molecule is CSc1ccc(S(=O)(=O)NCC(=O)O[C@H](C)C(=O)Nc2ccc(C#N)cc2)cc1[N+](=O)[O-]. The Balaban J connectivity index is 1.96. The van der Waals surface area contributed by atoms with Crippen LogP contribution in [0.5, 0.6) is 0 Å². The van der Waals surface area contributed by atoms with E-state index in [0.29, 0.717) is 11.3 Å². The number of ether oxygens (including phenoxy) is 1. The quantitative estimate of drug-likeness (QED) is 0.237. The van der Waals surface area contributed by atoms with Crippen molar-refractivity contribution < 1.29 is 27.7 Å². The molecule has 2 N–H and O–H groups in total. The number of anilines is 1. The van der Waals surface area contributed by atoms with Crippen molar-refractivity contribution >= 4 is 45.0 Å². The first-order chi connectivity index (χ1) is 15.1. The monoisotopic (exact) mass is 478 g/mol. The predicted molar refractivity (Wildman–Crippen MR) is 115 cm³/mol. The van der Waals surface area contributed by atoms with Crippen molar-refractivity contribution in [3.8, 4) is 6.07 Å². The van der Waals surface area contributed by atoms with E-state index in [4.69, 9.17) is 10.00 Å². The first-order valence-corrected chi connectivity index (χ1v) is 11.6. The Hall–Kier alpha value is -3.47. The number of sulfonamides is 1. The molecule has 0 heterocycles. The highest BCUT2D eigenvalue weighted by molar-refractivity contribution is 7.98. The second-order valence-electron chi connectivity index (χ2n) is 6.23. The fourth-order valence-electron chi connectivity index (χ4n) is 2.38. The summed E-state index contributed by atoms with van der Waals surface area (Å²) in [7, 11) is -4.24. The molecule has 2 rings (SSSR count). The molecule has 0 spiro atoms. The van der Waals surface area contributed by atoms with Gasteiger partial charge < -0.3 is 10.1 Å². The Kier molecular flexibility index (Phi) is 8.30. The maximum atomic E-state index is 12.4. The fraction of sp³-hybridized carbons (Fsp3) is 0.211. The molecule has 13 heteroatoms. The average Bonchev–Trinajstić information content (AvgIpc) is 2.77. The Bertz CT molecular complexity index is 1180. The van der Waals surface area contributed by atoms with E-state index in [-0.39, 0.29) is 15.5 Å². The number of hydrogen-bond donors (Lipinski definition) is 2. The van der Waals surface area contributed by atoms with E-state index in [9.17, 15) is 28.1 Å². The lowest BCUT2D eigenvalue weighted by atomic mass is 10.2. The number of nitro groups is 1. The molecule has 168 valence electrons. The molecule has 0 unspecified atom stereocenters. The van der Waals surface area contributed by atoms with Crippen LogP contribution in [0.4, 0.5) is 11.4 Å². The lowest BCUT2D eigenvalue weighted by Gasteiger charge is -2.14. The highest BCUT2D eigenvalue weighted by atomic mass is 32.2. The molecule has 0 fully saturated rings. The second-order valence-corrected chi connectivity index (χ2v) is 8.84. The zero-order valence-electron chi connectivity index (χ0n) is 16.9. The van der Waals surface area contributed by atoms with Crippen LogP contribution in [0.3, 0.4) is 0 Å². The van der Waals surface area contributed by atoms with Gasteiger partial charge in [0.15, 0.2) is 6.10 Å². The van der Waals surface area contributed by atoms with Gasteiger partial charge in [-0.05, 0) is 49.6 Å². The Morgan fingerprint density at radius 3 is 2.47 bits per heavy atom. The van der Waals surface area contributed by atoms with Crippen LogP contribution in [0.15, 0.2) is 52.3 Å². The molecule has 0 bridgehead atoms. The van der Waals surface area contributed by atoms with Crippen LogP contribution in [0.1, 0.15) is 12.5 Å². The van der Waals surface area contributed by atoms with Gasteiger partial charge in [-0.15, -0.1) is 11.8 Å². The minimum absolute atomic E-state index is 0.287. The number of nitrogens with one attached hydrogen (secondary N) is 2. The molecule has 0 saturated carbocycles. The fourth-order valence-corrected chi connectivity index (χ4v) is 3.92. The van der Waals surface area contributed by atoms with Crippen LogP contribution in [-0.4, -0.2) is 44.1 Å². The molecular weight excluding hydrogens is 460 g/mol. The lowest BCUT2D eigenvalue weighted by molar-refractivity contribution is -0.388. The summed E-state index contributed by atoms with van der Waals surface area (Å²) < 4.78 is 31.7. The molecule has 32 heavy (non-hydrogen) atoms. The van der Waals surface area contributed by atoms with Crippen LogP contribution in [0, 0.1) is 21.4 Å². The topological polar surface area (TPSA) is 168 Å². The van der Waals surface area contributed by atoms with Gasteiger partial charge in [-0.25, -0.2) is 8.42 Å². The van der Waals surface area contributed by atoms with E-state index < -0.39 is 39.5 Å². The smallest absolute Gasteiger partial charge is 0.321 e. The Labute approximate surface area is 188 Å². The van der Waals surface area contributed by atoms with Crippen molar-refractivity contribution in [2.75, 3.05) is 18.1 Å². The largest absolute Gasteiger partial charge is 0.452 e. The molecule has 1 amide bonds. The molecule has 0 aliphatic heterocycles. The van der Waals surface area contributed by atoms with Gasteiger partial charge in [0.1, 0.15) is 6.54 Å². The van der Waals surface area contributed by atoms with Gasteiger partial charge in [0.05, 0.1) is 26.3 Å². The van der Waals surface area contributed by atoms with E-state index in [2.05, 4.69) is 5.32 Å². The van der Waals surface area contributed by atoms with Crippen molar-refractivity contribution in [2.24, 2.45) is 0 Å². The summed E-state index contributed by atoms with van der Waals surface area (Å²) in [6.45, 7) is 0.519. The number of carbonyl (C=O) groups excluding carboxylic acids is 2. The van der Waals surface area contributed by atoms with Crippen LogP contribution in [0.25, 0.3) is 0 Å². The molecular formula is C19H18N4O7S2. The molecule has 2 aromatic carbocycles. The summed E-state index contributed by atoms with van der Waals surface area (Å²) >= 11 is 1.09. The third-order valence-electron chi connectivity index (χ3n) is 4.02. The average molecular weight is 479 g/mol. The van der Waals surface area contributed by atoms with Crippen molar-refractivity contribution in [3.05, 3.63) is 58.1 Å². The number of esters is 1. The predicted octanol–water partition coefficient (Wildman–Crippen LogP) is 2.04. The molecule has 0 aliphatic rings. The van der Waals surface area contributed by atoms with E-state index in [1.807, 2.05) is 10.8 Å². The van der Waals surface area contributed by atoms with Gasteiger partial charge >= 0.3 is 5.97 Å². The van der Waals surface area contributed by atoms with Gasteiger partial charge in [-0.3, -0.25) is 19.7 Å². The molecule has 0 aromatic heterocycles. The molecule has 1 atom stereocenters. The number of nitriles is 1. The summed E-state index contributed by atoms with van der Waals surface area (Å²) in [6.07, 6.45) is 0.383. The number of benzene rings is 2. The molecule has 2 aromatic rings. The third-order valence-corrected chi connectivity index (χ3v) is 6.21. The van der Waals surface area contributed by atoms with E-state index in [0.717, 1.165) is 17.8 Å². The first kappa shape index (κ1) is 24.8. The summed E-state index contributed by atoms with van der Waals surface area (Å²) in [6, 6.07) is 11.3. The van der Waals surface area contributed by atoms with Crippen molar-refractivity contribution in [2.45, 2.75) is 22.8 Å². The number of carbonyl (C=O) groups is 2. The van der Waals surface area contributed by atoms with Crippen molar-refractivity contribution in [1.29, 1.82) is 5.26 Å². The molecule has 11 nitrogen and oxygen atoms in total. The van der Waals surface area contributed by atoms with Gasteiger partial charge in [-0.1, -0.05) is 0 Å². The van der Waals surface area contributed by atoms with Crippen LogP contribution in [-0.2, 0) is 24.3 Å². The minimum atomic E-state index is -4.24. The van der Waals surface area contributed by atoms with Crippen LogP contribution < -0.4 is 10.0 Å². The zero-order valence-corrected chi connectivity index (χ0v) is 18.5. The van der Waals surface area contributed by atoms with E-state index in [1.165, 1.54) is 43.3 Å². The van der Waals surface area contributed by atoms with Crippen molar-refractivity contribution in [1.82, 2.24) is 4.72 Å². The first-order valence-electron chi connectivity index (χ1n) is 8.90. The number of nitro benzene ring substituents is 1. The third kappa shape index (κ3) is 6.51. The van der Waals surface area contributed by atoms with Gasteiger partial charge in [0.2, 0.25) is 10.0 Å². The number of amides is 1. The molecule has 0 saturated heterocycles. The number of hydrogen-bond acceptors (Lipinski definition) is 9. The van der Waals surface area contributed by atoms with Crippen LogP contribution >= 0.6 is 11.8 Å². The summed E-state index contributed by atoms with van der Waals surface area (Å²) in [4.78, 5) is 34.4. The van der Waals surface area contributed by atoms with Crippen molar-refractivity contribution in [3.63, 3.8) is 0 Å². The standard InChI is InChI=1S/C19H18N4O7S2/c1-12(19(25)22-14-5-3-13(10-20)4-6-14)30-18(24)11-21-32(28,29)15-7-8-17(31-2)16(9-15)23(26)27/h3-9,12,21H,11H2,1-2H3,(H,22,25)/t12-/m1/s1. The normalized spacial score (nSPS) is 11.8. The molecule has 0 radical (unpaired) electrons. The highest BCUT2D eigenvalue weighted by Crippen LogP contribution is 2.29. The lowest BCUT2D eigenvalue weighted by Crippen LogP contribution is -2.35. The number of nitrogens with zero attached hydrogens (tertiary/aromatic N) is 2. The summed E-state index contributed by atoms with van der Waals surface area (Å²) in [5, 5.41) is 22.4. The summed E-state index contributed by atoms with van der Waals surface area (Å²) in [5.74, 6) is -1.68. The second kappa shape index (κ2) is 10.7. The minimum Gasteiger partial charge on any atom is -0.452 e. The number of thioether (sulfide) groups is 1. The molecule has 0 aliphatic carbocycles.